The third-order valence-electron chi connectivity index (χ3n) is 2.63. The Morgan fingerprint density at radius 1 is 1.25 bits per heavy atom. The average molecular weight is 284 g/mol. The molecule has 3 heteroatoms. The van der Waals surface area contributed by atoms with E-state index in [1.165, 1.54) is 18.4 Å². The van der Waals surface area contributed by atoms with Gasteiger partial charge in [-0.2, -0.15) is 0 Å². The first-order valence-corrected chi connectivity index (χ1v) is 7.49. The molecule has 0 heterocycles. The number of hydrogen-bond acceptors (Lipinski definition) is 2. The zero-order valence-electron chi connectivity index (χ0n) is 13.7. The Morgan fingerprint density at radius 3 is 2.20 bits per heavy atom. The van der Waals surface area contributed by atoms with Crippen LogP contribution in [-0.2, 0) is 4.79 Å². The van der Waals surface area contributed by atoms with Crippen LogP contribution in [-0.4, -0.2) is 22.3 Å². The second-order valence-electron chi connectivity index (χ2n) is 5.51. The molecule has 20 heavy (non-hydrogen) atoms. The van der Waals surface area contributed by atoms with Crippen LogP contribution in [0.5, 0.6) is 0 Å². The van der Waals surface area contributed by atoms with Crippen molar-refractivity contribution in [2.45, 2.75) is 72.8 Å². The minimum absolute atomic E-state index is 0.292. The molecule has 3 nitrogen and oxygen atoms in total. The van der Waals surface area contributed by atoms with E-state index in [1.54, 1.807) is 6.92 Å². The van der Waals surface area contributed by atoms with Crippen LogP contribution in [0, 0.1) is 5.92 Å². The fourth-order valence-electron chi connectivity index (χ4n) is 1.50. The second-order valence-corrected chi connectivity index (χ2v) is 5.51. The van der Waals surface area contributed by atoms with Gasteiger partial charge in [-0.25, -0.2) is 0 Å². The first-order chi connectivity index (χ1) is 9.29. The summed E-state index contributed by atoms with van der Waals surface area (Å²) in [5.74, 6) is -0.00176. The van der Waals surface area contributed by atoms with Crippen LogP contribution < -0.4 is 0 Å². The second kappa shape index (κ2) is 14.3. The monoisotopic (exact) mass is 284 g/mol. The number of aliphatic hydroxyl groups is 1. The van der Waals surface area contributed by atoms with E-state index in [0.717, 1.165) is 12.8 Å². The van der Waals surface area contributed by atoms with Crippen LogP contribution in [0.25, 0.3) is 0 Å². The van der Waals surface area contributed by atoms with Crippen LogP contribution in [0.3, 0.4) is 0 Å². The molecular formula is C17H32O3. The van der Waals surface area contributed by atoms with Gasteiger partial charge in [-0.15, -0.1) is 0 Å². The SMILES string of the molecule is CC(C)=CCC[C@@H](C)CC=C[C@H](C)O.CCCC(=O)O. The highest BCUT2D eigenvalue weighted by Crippen LogP contribution is 2.12. The Bertz CT molecular complexity index is 287. The van der Waals surface area contributed by atoms with Gasteiger partial charge in [0.25, 0.3) is 0 Å². The molecule has 0 bridgehead atoms. The maximum Gasteiger partial charge on any atom is 0.303 e. The number of rotatable bonds is 8. The molecule has 0 fully saturated rings. The molecule has 0 aromatic rings. The Labute approximate surface area is 124 Å². The molecule has 2 atom stereocenters. The molecule has 0 aliphatic heterocycles. The van der Waals surface area contributed by atoms with Crippen molar-refractivity contribution in [3.63, 3.8) is 0 Å². The molecule has 0 aromatic heterocycles. The van der Waals surface area contributed by atoms with Crippen molar-refractivity contribution in [2.75, 3.05) is 0 Å². The van der Waals surface area contributed by atoms with Gasteiger partial charge < -0.3 is 10.2 Å². The van der Waals surface area contributed by atoms with Crippen molar-refractivity contribution in [3.05, 3.63) is 23.8 Å². The molecule has 0 aliphatic carbocycles. The van der Waals surface area contributed by atoms with Crippen molar-refractivity contribution in [1.29, 1.82) is 0 Å². The Hall–Kier alpha value is -1.09. The van der Waals surface area contributed by atoms with Crippen molar-refractivity contribution in [3.8, 4) is 0 Å². The molecule has 0 spiro atoms. The van der Waals surface area contributed by atoms with Crippen LogP contribution in [0.2, 0.25) is 0 Å². The normalized spacial score (nSPS) is 13.3. The molecule has 0 rings (SSSR count). The van der Waals surface area contributed by atoms with Gasteiger partial charge in [0.05, 0.1) is 6.10 Å². The molecule has 0 saturated heterocycles. The van der Waals surface area contributed by atoms with Gasteiger partial charge in [0, 0.05) is 6.42 Å². The van der Waals surface area contributed by atoms with Gasteiger partial charge >= 0.3 is 5.97 Å². The summed E-state index contributed by atoms with van der Waals surface area (Å²) in [6, 6.07) is 0. The number of carboxylic acids is 1. The van der Waals surface area contributed by atoms with Crippen LogP contribution in [0.4, 0.5) is 0 Å². The molecule has 0 aromatic carbocycles. The lowest BCUT2D eigenvalue weighted by Gasteiger charge is -2.06. The average Bonchev–Trinajstić information content (AvgIpc) is 2.28. The fourth-order valence-corrected chi connectivity index (χ4v) is 1.50. The fraction of sp³-hybridized carbons (Fsp3) is 0.706. The number of hydrogen-bond donors (Lipinski definition) is 2. The van der Waals surface area contributed by atoms with Gasteiger partial charge in [-0.3, -0.25) is 4.79 Å². The number of carbonyl (C=O) groups is 1. The Balaban J connectivity index is 0. The van der Waals surface area contributed by atoms with E-state index >= 15 is 0 Å². The largest absolute Gasteiger partial charge is 0.481 e. The lowest BCUT2D eigenvalue weighted by molar-refractivity contribution is -0.137. The van der Waals surface area contributed by atoms with Gasteiger partial charge in [0.1, 0.15) is 0 Å². The van der Waals surface area contributed by atoms with E-state index in [9.17, 15) is 4.79 Å². The third-order valence-corrected chi connectivity index (χ3v) is 2.63. The van der Waals surface area contributed by atoms with Crippen LogP contribution in [0.1, 0.15) is 66.7 Å². The molecule has 118 valence electrons. The number of aliphatic hydroxyl groups excluding tert-OH is 1. The first kappa shape index (κ1) is 21.2. The summed E-state index contributed by atoms with van der Waals surface area (Å²) in [4.78, 5) is 9.60. The van der Waals surface area contributed by atoms with E-state index in [-0.39, 0.29) is 6.10 Å². The van der Waals surface area contributed by atoms with Crippen molar-refractivity contribution in [2.24, 2.45) is 5.92 Å². The maximum absolute atomic E-state index is 9.60. The molecule has 0 aliphatic rings. The molecule has 0 radical (unpaired) electrons. The van der Waals surface area contributed by atoms with Crippen molar-refractivity contribution >= 4 is 5.97 Å². The minimum atomic E-state index is -0.711. The summed E-state index contributed by atoms with van der Waals surface area (Å²) in [5, 5.41) is 16.9. The molecule has 0 saturated carbocycles. The number of carboxylic acid groups (broad SMARTS) is 1. The Kier molecular flexibility index (Phi) is 15.2. The predicted octanol–water partition coefficient (Wildman–Crippen LogP) is 4.57. The predicted molar refractivity (Wildman–Crippen MR) is 85.8 cm³/mol. The van der Waals surface area contributed by atoms with Crippen LogP contribution in [0.15, 0.2) is 23.8 Å². The molecule has 0 amide bonds. The summed E-state index contributed by atoms with van der Waals surface area (Å²) in [5.41, 5.74) is 1.40. The van der Waals surface area contributed by atoms with E-state index in [2.05, 4.69) is 32.9 Å². The molecule has 2 N–H and O–H groups in total. The summed E-state index contributed by atoms with van der Waals surface area (Å²) in [6.45, 7) is 10.2. The number of allylic oxidation sites excluding steroid dienone is 3. The summed E-state index contributed by atoms with van der Waals surface area (Å²) >= 11 is 0. The topological polar surface area (TPSA) is 57.5 Å². The summed E-state index contributed by atoms with van der Waals surface area (Å²) < 4.78 is 0. The van der Waals surface area contributed by atoms with Gasteiger partial charge in [-0.05, 0) is 52.4 Å². The van der Waals surface area contributed by atoms with Crippen LogP contribution >= 0.6 is 0 Å². The van der Waals surface area contributed by atoms with E-state index in [0.29, 0.717) is 12.3 Å². The zero-order valence-corrected chi connectivity index (χ0v) is 13.7. The van der Waals surface area contributed by atoms with Gasteiger partial charge in [-0.1, -0.05) is 37.6 Å². The maximum atomic E-state index is 9.60. The first-order valence-electron chi connectivity index (χ1n) is 7.49. The molecule has 0 unspecified atom stereocenters. The summed E-state index contributed by atoms with van der Waals surface area (Å²) in [6.07, 6.45) is 10.4. The van der Waals surface area contributed by atoms with Gasteiger partial charge in [0.15, 0.2) is 0 Å². The highest BCUT2D eigenvalue weighted by atomic mass is 16.4. The highest BCUT2D eigenvalue weighted by molar-refractivity contribution is 5.66. The third kappa shape index (κ3) is 22.1. The Morgan fingerprint density at radius 2 is 1.85 bits per heavy atom. The smallest absolute Gasteiger partial charge is 0.303 e. The lowest BCUT2D eigenvalue weighted by atomic mass is 10.0. The minimum Gasteiger partial charge on any atom is -0.481 e. The zero-order chi connectivity index (χ0) is 16.0. The highest BCUT2D eigenvalue weighted by Gasteiger charge is 1.98. The number of aliphatic carboxylic acids is 1. The van der Waals surface area contributed by atoms with Crippen molar-refractivity contribution in [1.82, 2.24) is 0 Å². The standard InChI is InChI=1S/C13H24O.C4H8O2/c1-11(2)7-5-8-12(3)9-6-10-13(4)14;1-2-3-4(5)6/h6-7,10,12-14H,5,8-9H2,1-4H3;2-3H2,1H3,(H,5,6)/t12-,13+;/m1./s1. The van der Waals surface area contributed by atoms with Gasteiger partial charge in [0.2, 0.25) is 0 Å². The van der Waals surface area contributed by atoms with E-state index in [4.69, 9.17) is 10.2 Å². The van der Waals surface area contributed by atoms with E-state index < -0.39 is 5.97 Å². The van der Waals surface area contributed by atoms with Crippen molar-refractivity contribution < 1.29 is 15.0 Å². The molecular weight excluding hydrogens is 252 g/mol. The van der Waals surface area contributed by atoms with E-state index in [1.807, 2.05) is 13.0 Å². The summed E-state index contributed by atoms with van der Waals surface area (Å²) in [7, 11) is 0. The lowest BCUT2D eigenvalue weighted by Crippen LogP contribution is -1.95. The quantitative estimate of drug-likeness (QED) is 0.642.